The van der Waals surface area contributed by atoms with Gasteiger partial charge in [-0.1, -0.05) is 28.1 Å². The van der Waals surface area contributed by atoms with E-state index >= 15 is 0 Å². The summed E-state index contributed by atoms with van der Waals surface area (Å²) in [6.45, 7) is 0.379. The lowest BCUT2D eigenvalue weighted by molar-refractivity contribution is 0.0951. The molecule has 0 saturated carbocycles. The number of nitrogens with zero attached hydrogens (tertiary/aromatic N) is 3. The van der Waals surface area contributed by atoms with Crippen LogP contribution in [0.3, 0.4) is 0 Å². The van der Waals surface area contributed by atoms with Gasteiger partial charge in [0.2, 0.25) is 0 Å². The van der Waals surface area contributed by atoms with Crippen LogP contribution in [0.1, 0.15) is 15.9 Å². The lowest BCUT2D eigenvalue weighted by Crippen LogP contribution is -2.22. The highest BCUT2D eigenvalue weighted by Crippen LogP contribution is 2.21. The molecule has 0 unspecified atom stereocenters. The first-order valence-corrected chi connectivity index (χ1v) is 9.13. The van der Waals surface area contributed by atoms with Crippen LogP contribution in [0.15, 0.2) is 65.3 Å². The Balaban J connectivity index is 1.57. The fraction of sp³-hybridized carbons (Fsp3) is 0.0500. The third-order valence-corrected chi connectivity index (χ3v) is 4.63. The largest absolute Gasteiger partial charge is 0.348 e. The molecule has 2 heterocycles. The molecule has 1 amide bonds. The number of fused-ring (bicyclic) bond motifs is 1. The molecule has 8 heteroatoms. The average molecular weight is 443 g/mol. The second kappa shape index (κ2) is 7.47. The van der Waals surface area contributed by atoms with Crippen molar-refractivity contribution in [3.63, 3.8) is 0 Å². The van der Waals surface area contributed by atoms with Crippen molar-refractivity contribution in [2.45, 2.75) is 6.54 Å². The molecule has 0 aliphatic carbocycles. The van der Waals surface area contributed by atoms with Crippen LogP contribution in [-0.2, 0) is 6.54 Å². The zero-order valence-electron chi connectivity index (χ0n) is 14.4. The van der Waals surface area contributed by atoms with Gasteiger partial charge >= 0.3 is 0 Å². The van der Waals surface area contributed by atoms with Gasteiger partial charge in [0.25, 0.3) is 5.91 Å². The molecule has 2 aromatic heterocycles. The van der Waals surface area contributed by atoms with Crippen molar-refractivity contribution in [2.24, 2.45) is 0 Å². The molecule has 0 fully saturated rings. The third-order valence-electron chi connectivity index (χ3n) is 4.13. The van der Waals surface area contributed by atoms with Gasteiger partial charge in [-0.3, -0.25) is 9.20 Å². The summed E-state index contributed by atoms with van der Waals surface area (Å²) in [6.07, 6.45) is 1.60. The van der Waals surface area contributed by atoms with Crippen molar-refractivity contribution in [1.29, 1.82) is 0 Å². The maximum absolute atomic E-state index is 13.5. The molecule has 0 saturated heterocycles. The number of benzene rings is 2. The minimum absolute atomic E-state index is 0.260. The molecule has 4 aromatic rings. The molecule has 140 valence electrons. The third kappa shape index (κ3) is 3.77. The van der Waals surface area contributed by atoms with Gasteiger partial charge in [0.15, 0.2) is 11.5 Å². The van der Waals surface area contributed by atoms with E-state index in [0.717, 1.165) is 16.1 Å². The first-order valence-electron chi connectivity index (χ1n) is 8.33. The summed E-state index contributed by atoms with van der Waals surface area (Å²) >= 11 is 3.39. The van der Waals surface area contributed by atoms with Crippen molar-refractivity contribution < 1.29 is 13.6 Å². The van der Waals surface area contributed by atoms with Crippen LogP contribution in [0.5, 0.6) is 0 Å². The predicted octanol–water partition coefficient (Wildman–Crippen LogP) is 4.37. The first kappa shape index (κ1) is 18.2. The van der Waals surface area contributed by atoms with E-state index in [4.69, 9.17) is 0 Å². The minimum Gasteiger partial charge on any atom is -0.348 e. The van der Waals surface area contributed by atoms with E-state index in [1.54, 1.807) is 22.7 Å². The molecule has 0 spiro atoms. The number of hydrogen-bond acceptors (Lipinski definition) is 3. The zero-order valence-corrected chi connectivity index (χ0v) is 16.0. The van der Waals surface area contributed by atoms with Gasteiger partial charge in [-0.15, -0.1) is 10.2 Å². The van der Waals surface area contributed by atoms with Crippen molar-refractivity contribution >= 4 is 27.5 Å². The molecule has 28 heavy (non-hydrogen) atoms. The molecule has 4 rings (SSSR count). The summed E-state index contributed by atoms with van der Waals surface area (Å²) in [4.78, 5) is 12.4. The van der Waals surface area contributed by atoms with Gasteiger partial charge < -0.3 is 5.32 Å². The summed E-state index contributed by atoms with van der Waals surface area (Å²) in [5, 5.41) is 10.8. The summed E-state index contributed by atoms with van der Waals surface area (Å²) in [5.74, 6) is -1.37. The summed E-state index contributed by atoms with van der Waals surface area (Å²) in [7, 11) is 0. The monoisotopic (exact) mass is 442 g/mol. The Labute approximate surface area is 167 Å². The van der Waals surface area contributed by atoms with Crippen LogP contribution in [-0.4, -0.2) is 20.5 Å². The SMILES string of the molecule is O=C(NCc1cccc(Br)c1)c1ccn2c(-c3cc(F)cc(F)c3)nnc2c1. The first-order chi connectivity index (χ1) is 13.5. The molecule has 0 bridgehead atoms. The smallest absolute Gasteiger partial charge is 0.251 e. The number of rotatable bonds is 4. The maximum atomic E-state index is 13.5. The Morgan fingerprint density at radius 3 is 2.57 bits per heavy atom. The fourth-order valence-corrected chi connectivity index (χ4v) is 3.29. The van der Waals surface area contributed by atoms with Gasteiger partial charge in [0.1, 0.15) is 11.6 Å². The van der Waals surface area contributed by atoms with Gasteiger partial charge in [-0.05, 0) is 42.0 Å². The van der Waals surface area contributed by atoms with E-state index in [1.165, 1.54) is 12.1 Å². The highest BCUT2D eigenvalue weighted by atomic mass is 79.9. The Kier molecular flexibility index (Phi) is 4.87. The van der Waals surface area contributed by atoms with Crippen molar-refractivity contribution in [3.8, 4) is 11.4 Å². The van der Waals surface area contributed by atoms with Gasteiger partial charge in [-0.2, -0.15) is 0 Å². The lowest BCUT2D eigenvalue weighted by Gasteiger charge is -2.07. The topological polar surface area (TPSA) is 59.3 Å². The Hall–Kier alpha value is -3.13. The van der Waals surface area contributed by atoms with Crippen LogP contribution < -0.4 is 5.32 Å². The van der Waals surface area contributed by atoms with Crippen molar-refractivity contribution in [2.75, 3.05) is 0 Å². The van der Waals surface area contributed by atoms with Crippen molar-refractivity contribution in [1.82, 2.24) is 19.9 Å². The fourth-order valence-electron chi connectivity index (χ4n) is 2.84. The molecule has 1 N–H and O–H groups in total. The highest BCUT2D eigenvalue weighted by molar-refractivity contribution is 9.10. The van der Waals surface area contributed by atoms with E-state index in [9.17, 15) is 13.6 Å². The van der Waals surface area contributed by atoms with Crippen LogP contribution in [0.25, 0.3) is 17.0 Å². The summed E-state index contributed by atoms with van der Waals surface area (Å²) < 4.78 is 29.5. The second-order valence-corrected chi connectivity index (χ2v) is 7.05. The quantitative estimate of drug-likeness (QED) is 0.510. The van der Waals surface area contributed by atoms with Crippen LogP contribution in [0.4, 0.5) is 8.78 Å². The Morgan fingerprint density at radius 1 is 1.04 bits per heavy atom. The normalized spacial score (nSPS) is 11.0. The predicted molar refractivity (Wildman–Crippen MR) is 104 cm³/mol. The van der Waals surface area contributed by atoms with Gasteiger partial charge in [0, 0.05) is 34.4 Å². The Bertz CT molecular complexity index is 1170. The Morgan fingerprint density at radius 2 is 1.82 bits per heavy atom. The zero-order chi connectivity index (χ0) is 19.7. The maximum Gasteiger partial charge on any atom is 0.251 e. The molecule has 5 nitrogen and oxygen atoms in total. The lowest BCUT2D eigenvalue weighted by atomic mass is 10.2. The minimum atomic E-state index is -0.699. The van der Waals surface area contributed by atoms with Gasteiger partial charge in [-0.25, -0.2) is 8.78 Å². The number of nitrogens with one attached hydrogen (secondary N) is 1. The molecular formula is C20H13BrF2N4O. The standard InChI is InChI=1S/C20H13BrF2N4O/c21-15-3-1-2-12(6-15)11-24-20(28)13-4-5-27-18(9-13)25-26-19(27)14-7-16(22)10-17(23)8-14/h1-10H,11H2,(H,24,28). The number of aromatic nitrogens is 3. The molecule has 0 aliphatic heterocycles. The number of pyridine rings is 1. The number of halogens is 3. The average Bonchev–Trinajstić information content (AvgIpc) is 3.08. The van der Waals surface area contributed by atoms with Crippen molar-refractivity contribution in [3.05, 3.63) is 88.0 Å². The second-order valence-electron chi connectivity index (χ2n) is 6.14. The number of carbonyl (C=O) groups excluding carboxylic acids is 1. The molecule has 2 aromatic carbocycles. The van der Waals surface area contributed by atoms with E-state index in [1.807, 2.05) is 24.3 Å². The highest BCUT2D eigenvalue weighted by Gasteiger charge is 2.13. The van der Waals surface area contributed by atoms with E-state index in [0.29, 0.717) is 17.8 Å². The van der Waals surface area contributed by atoms with E-state index in [-0.39, 0.29) is 17.3 Å². The molecule has 0 radical (unpaired) electrons. The molecule has 0 atom stereocenters. The van der Waals surface area contributed by atoms with Crippen LogP contribution in [0.2, 0.25) is 0 Å². The van der Waals surface area contributed by atoms with Crippen LogP contribution >= 0.6 is 15.9 Å². The summed E-state index contributed by atoms with van der Waals surface area (Å²) in [6, 6.07) is 14.0. The van der Waals surface area contributed by atoms with E-state index < -0.39 is 11.6 Å². The van der Waals surface area contributed by atoms with Gasteiger partial charge in [0.05, 0.1) is 0 Å². The summed E-state index contributed by atoms with van der Waals surface area (Å²) in [5.41, 5.74) is 2.03. The molecule has 0 aliphatic rings. The van der Waals surface area contributed by atoms with E-state index in [2.05, 4.69) is 31.4 Å². The number of amides is 1. The molecular weight excluding hydrogens is 430 g/mol. The van der Waals surface area contributed by atoms with Crippen LogP contribution in [0, 0.1) is 11.6 Å². The number of hydrogen-bond donors (Lipinski definition) is 1. The number of carbonyl (C=O) groups is 1.